The Morgan fingerprint density at radius 2 is 1.93 bits per heavy atom. The molecule has 6 nitrogen and oxygen atoms in total. The highest BCUT2D eigenvalue weighted by Crippen LogP contribution is 1.84. The molecule has 90 valence electrons. The smallest absolute Gasteiger partial charge is 0.352 e. The molecular formula is C8H17NO5S. The Bertz CT molecular complexity index is 296. The van der Waals surface area contributed by atoms with Crippen LogP contribution in [-0.2, 0) is 19.4 Å². The normalized spacial score (nSPS) is 9.87. The third-order valence-corrected chi connectivity index (χ3v) is 1.56. The summed E-state index contributed by atoms with van der Waals surface area (Å²) in [4.78, 5) is 10.7. The molecule has 0 aliphatic rings. The fourth-order valence-electron chi connectivity index (χ4n) is 0.389. The molecule has 0 aromatic rings. The summed E-state index contributed by atoms with van der Waals surface area (Å²) >= 11 is 0. The highest BCUT2D eigenvalue weighted by atomic mass is 32.3. The van der Waals surface area contributed by atoms with Gasteiger partial charge in [0.1, 0.15) is 0 Å². The average molecular weight is 239 g/mol. The van der Waals surface area contributed by atoms with Crippen LogP contribution >= 0.6 is 0 Å². The van der Waals surface area contributed by atoms with Gasteiger partial charge in [-0.05, 0) is 13.3 Å². The first kappa shape index (κ1) is 16.5. The van der Waals surface area contributed by atoms with Crippen molar-refractivity contribution in [3.63, 3.8) is 0 Å². The molecule has 0 atom stereocenters. The molecule has 0 aromatic heterocycles. The Kier molecular flexibility index (Phi) is 9.24. The van der Waals surface area contributed by atoms with E-state index in [2.05, 4.69) is 16.1 Å². The van der Waals surface area contributed by atoms with Crippen molar-refractivity contribution in [1.29, 1.82) is 0 Å². The van der Waals surface area contributed by atoms with Gasteiger partial charge < -0.3 is 5.32 Å². The Morgan fingerprint density at radius 3 is 2.13 bits per heavy atom. The second kappa shape index (κ2) is 8.39. The van der Waals surface area contributed by atoms with Crippen LogP contribution in [0.15, 0.2) is 12.2 Å². The fraction of sp³-hybridized carbons (Fsp3) is 0.625. The van der Waals surface area contributed by atoms with Gasteiger partial charge >= 0.3 is 10.4 Å². The number of hydrogen-bond donors (Lipinski definition) is 2. The molecule has 15 heavy (non-hydrogen) atoms. The van der Waals surface area contributed by atoms with Crippen LogP contribution in [-0.4, -0.2) is 32.5 Å². The predicted molar refractivity (Wildman–Crippen MR) is 56.7 cm³/mol. The molecule has 2 N–H and O–H groups in total. The van der Waals surface area contributed by atoms with Crippen LogP contribution in [0, 0.1) is 0 Å². The summed E-state index contributed by atoms with van der Waals surface area (Å²) in [6.45, 7) is 7.95. The van der Waals surface area contributed by atoms with Crippen LogP contribution in [0.25, 0.3) is 0 Å². The first-order chi connectivity index (χ1) is 6.74. The Labute approximate surface area is 90.3 Å². The van der Waals surface area contributed by atoms with Gasteiger partial charge in [-0.1, -0.05) is 13.5 Å². The third kappa shape index (κ3) is 15.8. The maximum Gasteiger partial charge on any atom is 0.397 e. The summed E-state index contributed by atoms with van der Waals surface area (Å²) < 4.78 is 29.7. The zero-order chi connectivity index (χ0) is 12.5. The van der Waals surface area contributed by atoms with E-state index in [-0.39, 0.29) is 5.91 Å². The van der Waals surface area contributed by atoms with Gasteiger partial charge in [-0.25, -0.2) is 0 Å². The molecule has 7 heteroatoms. The van der Waals surface area contributed by atoms with Crippen LogP contribution in [0.2, 0.25) is 0 Å². The summed E-state index contributed by atoms with van der Waals surface area (Å²) in [7, 11) is -3.29. The van der Waals surface area contributed by atoms with Crippen molar-refractivity contribution < 1.29 is 21.9 Å². The lowest BCUT2D eigenvalue weighted by Gasteiger charge is -1.99. The van der Waals surface area contributed by atoms with Gasteiger partial charge in [-0.2, -0.15) is 8.42 Å². The molecule has 0 aliphatic carbocycles. The number of amides is 1. The van der Waals surface area contributed by atoms with E-state index < -0.39 is 10.4 Å². The van der Waals surface area contributed by atoms with E-state index in [1.807, 2.05) is 6.92 Å². The van der Waals surface area contributed by atoms with Gasteiger partial charge in [-0.15, -0.1) is 0 Å². The van der Waals surface area contributed by atoms with Crippen LogP contribution < -0.4 is 5.32 Å². The SMILES string of the molecule is C=C(C)C(=O)NCCC.COS(=O)(=O)O. The van der Waals surface area contributed by atoms with E-state index in [0.717, 1.165) is 20.1 Å². The van der Waals surface area contributed by atoms with Crippen molar-refractivity contribution in [3.8, 4) is 0 Å². The van der Waals surface area contributed by atoms with Gasteiger partial charge in [0.05, 0.1) is 7.11 Å². The molecule has 0 saturated carbocycles. The largest absolute Gasteiger partial charge is 0.397 e. The molecule has 0 bridgehead atoms. The first-order valence-corrected chi connectivity index (χ1v) is 5.57. The summed E-state index contributed by atoms with van der Waals surface area (Å²) in [6.07, 6.45) is 0.971. The van der Waals surface area contributed by atoms with Crippen molar-refractivity contribution in [1.82, 2.24) is 5.32 Å². The van der Waals surface area contributed by atoms with Gasteiger partial charge in [-0.3, -0.25) is 13.5 Å². The van der Waals surface area contributed by atoms with Gasteiger partial charge in [0.25, 0.3) is 0 Å². The quantitative estimate of drug-likeness (QED) is 0.551. The average Bonchev–Trinajstić information content (AvgIpc) is 2.13. The van der Waals surface area contributed by atoms with Crippen molar-refractivity contribution in [3.05, 3.63) is 12.2 Å². The Balaban J connectivity index is 0. The number of nitrogens with one attached hydrogen (secondary N) is 1. The highest BCUT2D eigenvalue weighted by Gasteiger charge is 1.96. The highest BCUT2D eigenvalue weighted by molar-refractivity contribution is 7.80. The van der Waals surface area contributed by atoms with Gasteiger partial charge in [0.15, 0.2) is 0 Å². The van der Waals surface area contributed by atoms with E-state index in [1.54, 1.807) is 6.92 Å². The second-order valence-corrected chi connectivity index (χ2v) is 3.82. The number of carbonyl (C=O) groups excluding carboxylic acids is 1. The summed E-state index contributed by atoms with van der Waals surface area (Å²) in [6, 6.07) is 0. The molecule has 0 rings (SSSR count). The fourth-order valence-corrected chi connectivity index (χ4v) is 0.389. The summed E-state index contributed by atoms with van der Waals surface area (Å²) in [5, 5.41) is 2.69. The maximum absolute atomic E-state index is 10.7. The molecule has 0 spiro atoms. The summed E-state index contributed by atoms with van der Waals surface area (Å²) in [5.74, 6) is -0.0446. The zero-order valence-electron chi connectivity index (χ0n) is 9.11. The maximum atomic E-state index is 10.7. The molecule has 0 fully saturated rings. The lowest BCUT2D eigenvalue weighted by atomic mass is 10.3. The number of carbonyl (C=O) groups is 1. The minimum Gasteiger partial charge on any atom is -0.352 e. The molecule has 0 aromatic carbocycles. The minimum absolute atomic E-state index is 0.0446. The van der Waals surface area contributed by atoms with E-state index in [4.69, 9.17) is 4.55 Å². The van der Waals surface area contributed by atoms with E-state index in [9.17, 15) is 13.2 Å². The minimum atomic E-state index is -4.16. The molecule has 0 aliphatic heterocycles. The standard InChI is InChI=1S/C7H13NO.CH4O4S/c1-4-5-8-7(9)6(2)3;1-5-6(2,3)4/h2,4-5H2,1,3H3,(H,8,9);1H3,(H,2,3,4). The molecular weight excluding hydrogens is 222 g/mol. The lowest BCUT2D eigenvalue weighted by Crippen LogP contribution is -2.24. The predicted octanol–water partition coefficient (Wildman–Crippen LogP) is 0.524. The summed E-state index contributed by atoms with van der Waals surface area (Å²) in [5.41, 5.74) is 0.573. The zero-order valence-corrected chi connectivity index (χ0v) is 9.93. The Morgan fingerprint density at radius 1 is 1.53 bits per heavy atom. The van der Waals surface area contributed by atoms with Crippen LogP contribution in [0.3, 0.4) is 0 Å². The van der Waals surface area contributed by atoms with Crippen LogP contribution in [0.4, 0.5) is 0 Å². The van der Waals surface area contributed by atoms with Crippen molar-refractivity contribution in [2.45, 2.75) is 20.3 Å². The van der Waals surface area contributed by atoms with Gasteiger partial charge in [0.2, 0.25) is 5.91 Å². The molecule has 0 radical (unpaired) electrons. The Hall–Kier alpha value is -0.920. The topological polar surface area (TPSA) is 92.7 Å². The first-order valence-electron chi connectivity index (χ1n) is 4.21. The second-order valence-electron chi connectivity index (χ2n) is 2.63. The molecule has 1 amide bonds. The van der Waals surface area contributed by atoms with E-state index in [1.165, 1.54) is 0 Å². The molecule has 0 unspecified atom stereocenters. The number of rotatable bonds is 4. The lowest BCUT2D eigenvalue weighted by molar-refractivity contribution is -0.117. The molecule has 0 heterocycles. The monoisotopic (exact) mass is 239 g/mol. The van der Waals surface area contributed by atoms with E-state index in [0.29, 0.717) is 5.57 Å². The van der Waals surface area contributed by atoms with Crippen LogP contribution in [0.1, 0.15) is 20.3 Å². The van der Waals surface area contributed by atoms with Gasteiger partial charge in [0, 0.05) is 12.1 Å². The third-order valence-electron chi connectivity index (χ3n) is 1.13. The number of hydrogen-bond acceptors (Lipinski definition) is 4. The van der Waals surface area contributed by atoms with Crippen molar-refractivity contribution >= 4 is 16.3 Å². The van der Waals surface area contributed by atoms with Crippen LogP contribution in [0.5, 0.6) is 0 Å². The van der Waals surface area contributed by atoms with E-state index >= 15 is 0 Å². The van der Waals surface area contributed by atoms with Crippen molar-refractivity contribution in [2.75, 3.05) is 13.7 Å². The molecule has 0 saturated heterocycles. The van der Waals surface area contributed by atoms with Crippen molar-refractivity contribution in [2.24, 2.45) is 0 Å².